The van der Waals surface area contributed by atoms with E-state index in [1.54, 1.807) is 6.92 Å². The lowest BCUT2D eigenvalue weighted by Gasteiger charge is -2.27. The van der Waals surface area contributed by atoms with Crippen LogP contribution in [0.1, 0.15) is 13.8 Å². The van der Waals surface area contributed by atoms with Crippen LogP contribution in [0.4, 0.5) is 0 Å². The van der Waals surface area contributed by atoms with Crippen molar-refractivity contribution in [2.75, 3.05) is 33.2 Å². The SMILES string of the molecule is CC#CC#CC#CC#CC#CC#CC#CC#CC1=NCC[N+]1(C)CCNC(C)=O. The summed E-state index contributed by atoms with van der Waals surface area (Å²) in [4.78, 5) is 15.4. The number of hydrogen-bond donors (Lipinski definition) is 1. The minimum Gasteiger partial charge on any atom is -0.351 e. The van der Waals surface area contributed by atoms with E-state index in [2.05, 4.69) is 105 Å². The molecule has 1 aliphatic heterocycles. The molecule has 29 heavy (non-hydrogen) atoms. The standard InChI is InChI=1S/C25H17N3O/c1-4-5-6-7-8-9-10-11-12-13-14-15-16-17-18-19-25-27-21-23-28(25,3)22-20-26-24(2)29/h20-23H2,1-3H3/p+1. The highest BCUT2D eigenvalue weighted by molar-refractivity contribution is 5.94. The van der Waals surface area contributed by atoms with Gasteiger partial charge in [-0.15, -0.1) is 0 Å². The molecule has 138 valence electrons. The molecule has 1 amide bonds. The molecule has 0 bridgehead atoms. The van der Waals surface area contributed by atoms with E-state index in [9.17, 15) is 4.79 Å². The number of quaternary nitrogens is 1. The first-order valence-electron chi connectivity index (χ1n) is 8.65. The topological polar surface area (TPSA) is 41.5 Å². The van der Waals surface area contributed by atoms with Gasteiger partial charge in [-0.05, 0) is 89.8 Å². The zero-order chi connectivity index (χ0) is 21.2. The summed E-state index contributed by atoms with van der Waals surface area (Å²) in [5, 5.41) is 2.80. The Morgan fingerprint density at radius 2 is 1.38 bits per heavy atom. The summed E-state index contributed by atoms with van der Waals surface area (Å²) in [6.45, 7) is 6.10. The molecule has 0 aliphatic carbocycles. The summed E-state index contributed by atoms with van der Waals surface area (Å²) in [6.07, 6.45) is 0. The predicted molar refractivity (Wildman–Crippen MR) is 115 cm³/mol. The third kappa shape index (κ3) is 10.3. The normalized spacial score (nSPS) is 14.4. The highest BCUT2D eigenvalue weighted by Gasteiger charge is 2.32. The highest BCUT2D eigenvalue weighted by Crippen LogP contribution is 2.10. The fraction of sp³-hybridized carbons (Fsp3) is 0.280. The Hall–Kier alpha value is -4.42. The van der Waals surface area contributed by atoms with E-state index in [0.29, 0.717) is 17.6 Å². The summed E-state index contributed by atoms with van der Waals surface area (Å²) < 4.78 is 0.589. The lowest BCUT2D eigenvalue weighted by atomic mass is 10.3. The summed E-state index contributed by atoms with van der Waals surface area (Å²) in [5.41, 5.74) is 0. The van der Waals surface area contributed by atoms with Gasteiger partial charge in [-0.1, -0.05) is 5.92 Å². The lowest BCUT2D eigenvalue weighted by molar-refractivity contribution is -0.811. The van der Waals surface area contributed by atoms with Gasteiger partial charge in [0.25, 0.3) is 5.84 Å². The molecule has 1 heterocycles. The predicted octanol–water partition coefficient (Wildman–Crippen LogP) is 0.0283. The number of carbonyl (C=O) groups is 1. The molecule has 0 aromatic heterocycles. The molecule has 1 unspecified atom stereocenters. The molecule has 1 N–H and O–H groups in total. The highest BCUT2D eigenvalue weighted by atomic mass is 16.1. The second-order valence-corrected chi connectivity index (χ2v) is 5.66. The average molecular weight is 376 g/mol. The third-order valence-electron chi connectivity index (χ3n) is 3.46. The van der Waals surface area contributed by atoms with Crippen LogP contribution in [0.15, 0.2) is 4.99 Å². The molecule has 0 aromatic rings. The van der Waals surface area contributed by atoms with Crippen LogP contribution in [-0.2, 0) is 4.79 Å². The number of rotatable bonds is 3. The maximum atomic E-state index is 11.0. The molecule has 0 radical (unpaired) electrons. The van der Waals surface area contributed by atoms with Crippen molar-refractivity contribution in [2.45, 2.75) is 13.8 Å². The minimum atomic E-state index is -0.0427. The van der Waals surface area contributed by atoms with Gasteiger partial charge < -0.3 is 5.32 Å². The molecule has 0 saturated heterocycles. The summed E-state index contributed by atoms with van der Waals surface area (Å²) in [5.74, 6) is 42.4. The van der Waals surface area contributed by atoms with E-state index >= 15 is 0 Å². The molecular weight excluding hydrogens is 358 g/mol. The second-order valence-electron chi connectivity index (χ2n) is 5.66. The lowest BCUT2D eigenvalue weighted by Crippen LogP contribution is -2.50. The number of nitrogens with zero attached hydrogens (tertiary/aromatic N) is 2. The second kappa shape index (κ2) is 13.7. The van der Waals surface area contributed by atoms with Gasteiger partial charge in [0.05, 0.1) is 20.1 Å². The molecule has 4 nitrogen and oxygen atoms in total. The van der Waals surface area contributed by atoms with Gasteiger partial charge in [0.15, 0.2) is 0 Å². The first kappa shape index (κ1) is 22.6. The minimum absolute atomic E-state index is 0.0427. The van der Waals surface area contributed by atoms with Gasteiger partial charge >= 0.3 is 0 Å². The molecule has 1 aliphatic rings. The fourth-order valence-corrected chi connectivity index (χ4v) is 2.05. The van der Waals surface area contributed by atoms with Crippen LogP contribution in [0.2, 0.25) is 0 Å². The van der Waals surface area contributed by atoms with Crippen molar-refractivity contribution in [3.8, 4) is 94.7 Å². The number of hydrogen-bond acceptors (Lipinski definition) is 2. The maximum Gasteiger partial charge on any atom is 0.277 e. The molecule has 1 rings (SSSR count). The molecular formula is C25H18N3O+. The van der Waals surface area contributed by atoms with Crippen LogP contribution < -0.4 is 5.32 Å². The Kier molecular flexibility index (Phi) is 10.7. The first-order valence-corrected chi connectivity index (χ1v) is 8.65. The van der Waals surface area contributed by atoms with Crippen LogP contribution in [0.5, 0.6) is 0 Å². The van der Waals surface area contributed by atoms with E-state index in [0.717, 1.165) is 18.9 Å². The molecule has 0 saturated carbocycles. The largest absolute Gasteiger partial charge is 0.351 e. The Morgan fingerprint density at radius 1 is 0.897 bits per heavy atom. The fourth-order valence-electron chi connectivity index (χ4n) is 2.05. The van der Waals surface area contributed by atoms with Crippen molar-refractivity contribution < 1.29 is 9.28 Å². The van der Waals surface area contributed by atoms with Gasteiger partial charge in [0.2, 0.25) is 5.91 Å². The maximum absolute atomic E-state index is 11.0. The number of amides is 1. The van der Waals surface area contributed by atoms with Gasteiger partial charge in [-0.2, -0.15) is 0 Å². The number of amidine groups is 1. The number of aliphatic imine (C=N–C) groups is 1. The van der Waals surface area contributed by atoms with E-state index in [-0.39, 0.29) is 5.91 Å². The molecule has 4 heteroatoms. The van der Waals surface area contributed by atoms with Crippen LogP contribution in [0.3, 0.4) is 0 Å². The van der Waals surface area contributed by atoms with Crippen LogP contribution >= 0.6 is 0 Å². The van der Waals surface area contributed by atoms with Crippen LogP contribution in [-0.4, -0.2) is 49.5 Å². The van der Waals surface area contributed by atoms with Gasteiger partial charge in [-0.3, -0.25) is 9.28 Å². The van der Waals surface area contributed by atoms with Crippen molar-refractivity contribution in [2.24, 2.45) is 4.99 Å². The van der Waals surface area contributed by atoms with E-state index in [1.807, 2.05) is 7.05 Å². The Morgan fingerprint density at radius 3 is 1.86 bits per heavy atom. The van der Waals surface area contributed by atoms with Crippen molar-refractivity contribution in [1.29, 1.82) is 0 Å². The number of nitrogens with one attached hydrogen (secondary N) is 1. The molecule has 0 aromatic carbocycles. The Labute approximate surface area is 173 Å². The summed E-state index contributed by atoms with van der Waals surface area (Å²) in [6, 6.07) is 0. The number of likely N-dealkylation sites (N-methyl/N-ethyl adjacent to an activating group) is 1. The summed E-state index contributed by atoms with van der Waals surface area (Å²) >= 11 is 0. The van der Waals surface area contributed by atoms with Crippen molar-refractivity contribution in [1.82, 2.24) is 5.32 Å². The smallest absolute Gasteiger partial charge is 0.277 e. The summed E-state index contributed by atoms with van der Waals surface area (Å²) in [7, 11) is 2.04. The van der Waals surface area contributed by atoms with Crippen molar-refractivity contribution in [3.63, 3.8) is 0 Å². The molecule has 0 fully saturated rings. The third-order valence-corrected chi connectivity index (χ3v) is 3.46. The van der Waals surface area contributed by atoms with Crippen molar-refractivity contribution in [3.05, 3.63) is 0 Å². The van der Waals surface area contributed by atoms with Gasteiger partial charge in [-0.25, -0.2) is 4.99 Å². The monoisotopic (exact) mass is 376 g/mol. The van der Waals surface area contributed by atoms with E-state index < -0.39 is 0 Å². The van der Waals surface area contributed by atoms with Gasteiger partial charge in [0, 0.05) is 12.8 Å². The van der Waals surface area contributed by atoms with Crippen molar-refractivity contribution >= 4 is 11.7 Å². The molecule has 1 atom stereocenters. The van der Waals surface area contributed by atoms with Gasteiger partial charge in [0.1, 0.15) is 13.1 Å². The zero-order valence-corrected chi connectivity index (χ0v) is 16.6. The zero-order valence-electron chi connectivity index (χ0n) is 16.6. The first-order chi connectivity index (χ1) is 14.1. The van der Waals surface area contributed by atoms with E-state index in [4.69, 9.17) is 0 Å². The quantitative estimate of drug-likeness (QED) is 0.548. The molecule has 0 spiro atoms. The average Bonchev–Trinajstić information content (AvgIpc) is 3.05. The Bertz CT molecular complexity index is 1180. The van der Waals surface area contributed by atoms with E-state index in [1.165, 1.54) is 6.92 Å². The Balaban J connectivity index is 2.55. The number of carbonyl (C=O) groups excluding carboxylic acids is 1. The van der Waals surface area contributed by atoms with Crippen LogP contribution in [0, 0.1) is 94.7 Å². The van der Waals surface area contributed by atoms with Crippen LogP contribution in [0.25, 0.3) is 0 Å².